The summed E-state index contributed by atoms with van der Waals surface area (Å²) < 4.78 is 1.29. The van der Waals surface area contributed by atoms with Crippen molar-refractivity contribution in [2.24, 2.45) is 0 Å². The molecule has 0 saturated carbocycles. The molecule has 0 aliphatic heterocycles. The van der Waals surface area contributed by atoms with Gasteiger partial charge in [-0.15, -0.1) is 0 Å². The summed E-state index contributed by atoms with van der Waals surface area (Å²) in [5.41, 5.74) is 1.13. The van der Waals surface area contributed by atoms with E-state index in [9.17, 15) is 4.79 Å². The number of nitrogens with one attached hydrogen (secondary N) is 1. The molecule has 0 aromatic carbocycles. The van der Waals surface area contributed by atoms with E-state index in [0.717, 1.165) is 12.1 Å². The quantitative estimate of drug-likeness (QED) is 0.873. The molecule has 2 rings (SSSR count). The highest BCUT2D eigenvalue weighted by Gasteiger charge is 2.16. The molecular formula is C10H13BrN4O. The first-order chi connectivity index (χ1) is 7.63. The standard InChI is InChI=1S/C10H13BrN4O/c1-3-7(11)6(2)8-4-5-9-12-13-10(16)15(9)14-8/h4-7H,3H2,1-2H3,(H,13,16). The van der Waals surface area contributed by atoms with Crippen LogP contribution in [0.2, 0.25) is 0 Å². The van der Waals surface area contributed by atoms with Crippen LogP contribution in [-0.4, -0.2) is 24.6 Å². The second-order valence-corrected chi connectivity index (χ2v) is 4.95. The van der Waals surface area contributed by atoms with Crippen molar-refractivity contribution < 1.29 is 0 Å². The van der Waals surface area contributed by atoms with E-state index in [1.54, 1.807) is 6.07 Å². The van der Waals surface area contributed by atoms with Gasteiger partial charge in [0.15, 0.2) is 5.65 Å². The summed E-state index contributed by atoms with van der Waals surface area (Å²) in [5, 5.41) is 10.5. The number of hydrogen-bond donors (Lipinski definition) is 1. The van der Waals surface area contributed by atoms with Gasteiger partial charge >= 0.3 is 5.69 Å². The van der Waals surface area contributed by atoms with Gasteiger partial charge in [0.1, 0.15) is 0 Å². The van der Waals surface area contributed by atoms with Crippen molar-refractivity contribution in [3.8, 4) is 0 Å². The molecule has 0 fully saturated rings. The van der Waals surface area contributed by atoms with E-state index < -0.39 is 0 Å². The summed E-state index contributed by atoms with van der Waals surface area (Å²) in [6.07, 6.45) is 1.02. The van der Waals surface area contributed by atoms with Crippen molar-refractivity contribution in [3.63, 3.8) is 0 Å². The lowest BCUT2D eigenvalue weighted by molar-refractivity contribution is 0.652. The molecule has 86 valence electrons. The molecule has 0 aliphatic rings. The van der Waals surface area contributed by atoms with Crippen LogP contribution in [-0.2, 0) is 0 Å². The number of halogens is 1. The SMILES string of the molecule is CCC(Br)C(C)c1ccc2n[nH]c(=O)n2n1. The van der Waals surface area contributed by atoms with E-state index >= 15 is 0 Å². The van der Waals surface area contributed by atoms with Crippen LogP contribution in [0.25, 0.3) is 5.65 Å². The number of aromatic nitrogens is 4. The predicted molar refractivity (Wildman–Crippen MR) is 65.0 cm³/mol. The van der Waals surface area contributed by atoms with E-state index in [0.29, 0.717) is 10.5 Å². The fourth-order valence-corrected chi connectivity index (χ4v) is 1.87. The average Bonchev–Trinajstić information content (AvgIpc) is 2.68. The van der Waals surface area contributed by atoms with Crippen molar-refractivity contribution in [1.29, 1.82) is 0 Å². The Morgan fingerprint density at radius 2 is 2.31 bits per heavy atom. The Labute approximate surface area is 101 Å². The molecule has 0 bridgehead atoms. The molecular weight excluding hydrogens is 272 g/mol. The van der Waals surface area contributed by atoms with Crippen molar-refractivity contribution in [1.82, 2.24) is 19.8 Å². The first-order valence-corrected chi connectivity index (χ1v) is 6.13. The Morgan fingerprint density at radius 3 is 3.00 bits per heavy atom. The van der Waals surface area contributed by atoms with E-state index in [4.69, 9.17) is 0 Å². The largest absolute Gasteiger partial charge is 0.364 e. The Morgan fingerprint density at radius 1 is 1.56 bits per heavy atom. The van der Waals surface area contributed by atoms with Gasteiger partial charge in [-0.2, -0.15) is 14.7 Å². The topological polar surface area (TPSA) is 63.0 Å². The fraction of sp³-hybridized carbons (Fsp3) is 0.500. The summed E-state index contributed by atoms with van der Waals surface area (Å²) in [6.45, 7) is 4.20. The maximum absolute atomic E-state index is 11.4. The normalized spacial score (nSPS) is 15.2. The molecule has 0 aliphatic carbocycles. The van der Waals surface area contributed by atoms with Gasteiger partial charge in [0.2, 0.25) is 0 Å². The van der Waals surface area contributed by atoms with Crippen molar-refractivity contribution in [2.75, 3.05) is 0 Å². The predicted octanol–water partition coefficient (Wildman–Crippen LogP) is 1.69. The lowest BCUT2D eigenvalue weighted by Gasteiger charge is -2.15. The summed E-state index contributed by atoms with van der Waals surface area (Å²) in [6, 6.07) is 3.70. The van der Waals surface area contributed by atoms with Gasteiger partial charge in [-0.3, -0.25) is 0 Å². The van der Waals surface area contributed by atoms with Gasteiger partial charge in [0, 0.05) is 10.7 Å². The summed E-state index contributed by atoms with van der Waals surface area (Å²) >= 11 is 3.60. The van der Waals surface area contributed by atoms with E-state index in [-0.39, 0.29) is 11.6 Å². The third kappa shape index (κ3) is 1.89. The molecule has 0 radical (unpaired) electrons. The zero-order valence-electron chi connectivity index (χ0n) is 9.14. The minimum absolute atomic E-state index is 0.260. The van der Waals surface area contributed by atoms with E-state index in [1.165, 1.54) is 4.52 Å². The zero-order chi connectivity index (χ0) is 11.7. The molecule has 5 nitrogen and oxygen atoms in total. The highest BCUT2D eigenvalue weighted by molar-refractivity contribution is 9.09. The van der Waals surface area contributed by atoms with Gasteiger partial charge < -0.3 is 0 Å². The summed E-state index contributed by atoms with van der Waals surface area (Å²) in [4.78, 5) is 11.7. The maximum atomic E-state index is 11.4. The van der Waals surface area contributed by atoms with Crippen LogP contribution >= 0.6 is 15.9 Å². The summed E-state index contributed by atoms with van der Waals surface area (Å²) in [7, 11) is 0. The highest BCUT2D eigenvalue weighted by Crippen LogP contribution is 2.24. The molecule has 0 saturated heterocycles. The Kier molecular flexibility index (Phi) is 3.09. The molecule has 2 aromatic rings. The monoisotopic (exact) mass is 284 g/mol. The Balaban J connectivity index is 2.46. The van der Waals surface area contributed by atoms with Gasteiger partial charge in [0.25, 0.3) is 0 Å². The third-order valence-electron chi connectivity index (χ3n) is 2.69. The molecule has 2 atom stereocenters. The molecule has 0 amide bonds. The van der Waals surface area contributed by atoms with Crippen molar-refractivity contribution >= 4 is 21.6 Å². The highest BCUT2D eigenvalue weighted by atomic mass is 79.9. The van der Waals surface area contributed by atoms with Crippen molar-refractivity contribution in [2.45, 2.75) is 31.0 Å². The van der Waals surface area contributed by atoms with Crippen LogP contribution < -0.4 is 5.69 Å². The number of fused-ring (bicyclic) bond motifs is 1. The molecule has 0 spiro atoms. The number of rotatable bonds is 3. The zero-order valence-corrected chi connectivity index (χ0v) is 10.7. The fourth-order valence-electron chi connectivity index (χ4n) is 1.60. The van der Waals surface area contributed by atoms with Crippen LogP contribution in [0.4, 0.5) is 0 Å². The number of alkyl halides is 1. The van der Waals surface area contributed by atoms with Crippen LogP contribution in [0, 0.1) is 0 Å². The van der Waals surface area contributed by atoms with Crippen LogP contribution in [0.15, 0.2) is 16.9 Å². The van der Waals surface area contributed by atoms with Gasteiger partial charge in [-0.25, -0.2) is 9.89 Å². The van der Waals surface area contributed by atoms with E-state index in [1.807, 2.05) is 6.07 Å². The van der Waals surface area contributed by atoms with Crippen molar-refractivity contribution in [3.05, 3.63) is 28.3 Å². The lowest BCUT2D eigenvalue weighted by Crippen LogP contribution is -2.16. The lowest BCUT2D eigenvalue weighted by atomic mass is 10.0. The summed E-state index contributed by atoms with van der Waals surface area (Å²) in [5.74, 6) is 0.260. The molecule has 2 heterocycles. The van der Waals surface area contributed by atoms with Gasteiger partial charge in [-0.1, -0.05) is 29.8 Å². The Hall–Kier alpha value is -1.17. The number of hydrogen-bond acceptors (Lipinski definition) is 3. The number of aromatic amines is 1. The Bertz CT molecular complexity index is 547. The molecule has 1 N–H and O–H groups in total. The molecule has 16 heavy (non-hydrogen) atoms. The molecule has 2 unspecified atom stereocenters. The van der Waals surface area contributed by atoms with Gasteiger partial charge in [0.05, 0.1) is 5.69 Å². The smallest absolute Gasteiger partial charge is 0.244 e. The number of nitrogens with zero attached hydrogens (tertiary/aromatic N) is 3. The van der Waals surface area contributed by atoms with Crippen LogP contribution in [0.5, 0.6) is 0 Å². The van der Waals surface area contributed by atoms with Crippen LogP contribution in [0.3, 0.4) is 0 Å². The first-order valence-electron chi connectivity index (χ1n) is 5.22. The first kappa shape index (κ1) is 11.3. The number of H-pyrrole nitrogens is 1. The molecule has 2 aromatic heterocycles. The minimum atomic E-state index is -0.299. The minimum Gasteiger partial charge on any atom is -0.244 e. The second-order valence-electron chi connectivity index (χ2n) is 3.77. The van der Waals surface area contributed by atoms with Gasteiger partial charge in [-0.05, 0) is 18.6 Å². The maximum Gasteiger partial charge on any atom is 0.364 e. The second kappa shape index (κ2) is 4.37. The van der Waals surface area contributed by atoms with E-state index in [2.05, 4.69) is 45.1 Å². The average molecular weight is 285 g/mol. The third-order valence-corrected chi connectivity index (χ3v) is 4.13. The van der Waals surface area contributed by atoms with Crippen LogP contribution in [0.1, 0.15) is 31.9 Å². The molecule has 6 heteroatoms.